The Morgan fingerprint density at radius 3 is 2.76 bits per heavy atom. The van der Waals surface area contributed by atoms with Gasteiger partial charge in [0.2, 0.25) is 5.91 Å². The Hall–Kier alpha value is -1.92. The van der Waals surface area contributed by atoms with Crippen LogP contribution in [-0.4, -0.2) is 37.3 Å². The summed E-state index contributed by atoms with van der Waals surface area (Å²) in [5.74, 6) is -1.08. The van der Waals surface area contributed by atoms with Crippen molar-refractivity contribution in [2.45, 2.75) is 25.9 Å². The SMILES string of the molecule is COCCOCc1cccc(NC(=O)CCCC(=O)O)c1. The number of carboxylic acids is 1. The minimum Gasteiger partial charge on any atom is -0.481 e. The summed E-state index contributed by atoms with van der Waals surface area (Å²) in [7, 11) is 1.61. The molecule has 0 radical (unpaired) electrons. The van der Waals surface area contributed by atoms with Gasteiger partial charge in [-0.25, -0.2) is 0 Å². The largest absolute Gasteiger partial charge is 0.481 e. The van der Waals surface area contributed by atoms with Crippen molar-refractivity contribution < 1.29 is 24.2 Å². The summed E-state index contributed by atoms with van der Waals surface area (Å²) in [6.45, 7) is 1.51. The van der Waals surface area contributed by atoms with E-state index in [2.05, 4.69) is 5.32 Å². The number of nitrogens with one attached hydrogen (secondary N) is 1. The molecule has 0 spiro atoms. The van der Waals surface area contributed by atoms with E-state index in [4.69, 9.17) is 14.6 Å². The van der Waals surface area contributed by atoms with E-state index in [0.29, 0.717) is 31.9 Å². The van der Waals surface area contributed by atoms with Crippen LogP contribution in [-0.2, 0) is 25.7 Å². The maximum atomic E-state index is 11.7. The van der Waals surface area contributed by atoms with Crippen molar-refractivity contribution in [3.63, 3.8) is 0 Å². The van der Waals surface area contributed by atoms with Crippen LogP contribution in [0.3, 0.4) is 0 Å². The first-order valence-corrected chi connectivity index (χ1v) is 6.79. The van der Waals surface area contributed by atoms with Crippen LogP contribution in [0.4, 0.5) is 5.69 Å². The fourth-order valence-electron chi connectivity index (χ4n) is 1.69. The number of rotatable bonds is 10. The maximum Gasteiger partial charge on any atom is 0.303 e. The lowest BCUT2D eigenvalue weighted by atomic mass is 10.2. The second-order valence-electron chi connectivity index (χ2n) is 4.54. The lowest BCUT2D eigenvalue weighted by Gasteiger charge is -2.08. The van der Waals surface area contributed by atoms with Gasteiger partial charge in [0.1, 0.15) is 0 Å². The van der Waals surface area contributed by atoms with Crippen molar-refractivity contribution in [2.24, 2.45) is 0 Å². The number of anilines is 1. The molecule has 0 unspecified atom stereocenters. The van der Waals surface area contributed by atoms with E-state index < -0.39 is 5.97 Å². The summed E-state index contributed by atoms with van der Waals surface area (Å²) in [6.07, 6.45) is 0.530. The smallest absolute Gasteiger partial charge is 0.303 e. The number of ether oxygens (including phenoxy) is 2. The van der Waals surface area contributed by atoms with Gasteiger partial charge in [-0.2, -0.15) is 0 Å². The van der Waals surface area contributed by atoms with Gasteiger partial charge in [-0.1, -0.05) is 12.1 Å². The number of hydrogen-bond acceptors (Lipinski definition) is 4. The Morgan fingerprint density at radius 1 is 1.24 bits per heavy atom. The number of amides is 1. The molecule has 0 aromatic heterocycles. The van der Waals surface area contributed by atoms with Crippen molar-refractivity contribution in [1.29, 1.82) is 0 Å². The van der Waals surface area contributed by atoms with Crippen molar-refractivity contribution in [2.75, 3.05) is 25.6 Å². The monoisotopic (exact) mass is 295 g/mol. The lowest BCUT2D eigenvalue weighted by Crippen LogP contribution is -2.12. The number of carboxylic acid groups (broad SMARTS) is 1. The third-order valence-corrected chi connectivity index (χ3v) is 2.71. The number of benzene rings is 1. The van der Waals surface area contributed by atoms with Gasteiger partial charge in [-0.05, 0) is 24.1 Å². The highest BCUT2D eigenvalue weighted by atomic mass is 16.5. The molecule has 1 aromatic rings. The fourth-order valence-corrected chi connectivity index (χ4v) is 1.69. The van der Waals surface area contributed by atoms with E-state index in [9.17, 15) is 9.59 Å². The van der Waals surface area contributed by atoms with Crippen LogP contribution in [0.25, 0.3) is 0 Å². The number of carbonyl (C=O) groups excluding carboxylic acids is 1. The Labute approximate surface area is 124 Å². The molecule has 6 nitrogen and oxygen atoms in total. The zero-order valence-corrected chi connectivity index (χ0v) is 12.1. The number of methoxy groups -OCH3 is 1. The van der Waals surface area contributed by atoms with Crippen LogP contribution in [0.2, 0.25) is 0 Å². The summed E-state index contributed by atoms with van der Waals surface area (Å²) in [5, 5.41) is 11.3. The molecule has 6 heteroatoms. The highest BCUT2D eigenvalue weighted by Crippen LogP contribution is 2.12. The molecule has 0 aliphatic rings. The summed E-state index contributed by atoms with van der Waals surface area (Å²) < 4.78 is 10.3. The fraction of sp³-hybridized carbons (Fsp3) is 0.467. The molecule has 0 fully saturated rings. The normalized spacial score (nSPS) is 10.3. The van der Waals surface area contributed by atoms with E-state index in [-0.39, 0.29) is 18.7 Å². The van der Waals surface area contributed by atoms with Gasteiger partial charge in [0, 0.05) is 25.6 Å². The van der Waals surface area contributed by atoms with Crippen LogP contribution in [0.5, 0.6) is 0 Å². The molecule has 2 N–H and O–H groups in total. The molecule has 21 heavy (non-hydrogen) atoms. The molecular weight excluding hydrogens is 274 g/mol. The van der Waals surface area contributed by atoms with Gasteiger partial charge in [0.25, 0.3) is 0 Å². The number of hydrogen-bond donors (Lipinski definition) is 2. The second-order valence-corrected chi connectivity index (χ2v) is 4.54. The van der Waals surface area contributed by atoms with Crippen LogP contribution in [0, 0.1) is 0 Å². The minimum atomic E-state index is -0.891. The minimum absolute atomic E-state index is 0.000793. The molecule has 0 saturated heterocycles. The molecule has 0 heterocycles. The number of aliphatic carboxylic acids is 1. The zero-order valence-electron chi connectivity index (χ0n) is 12.1. The highest BCUT2D eigenvalue weighted by Gasteiger charge is 2.05. The molecule has 1 rings (SSSR count). The predicted molar refractivity (Wildman–Crippen MR) is 78.1 cm³/mol. The van der Waals surface area contributed by atoms with Crippen LogP contribution in [0.15, 0.2) is 24.3 Å². The topological polar surface area (TPSA) is 84.9 Å². The molecule has 0 bridgehead atoms. The van der Waals surface area contributed by atoms with Gasteiger partial charge in [0.15, 0.2) is 0 Å². The second kappa shape index (κ2) is 9.90. The van der Waals surface area contributed by atoms with E-state index in [1.54, 1.807) is 13.2 Å². The van der Waals surface area contributed by atoms with Crippen molar-refractivity contribution in [3.05, 3.63) is 29.8 Å². The number of carbonyl (C=O) groups is 2. The average molecular weight is 295 g/mol. The lowest BCUT2D eigenvalue weighted by molar-refractivity contribution is -0.137. The standard InChI is InChI=1S/C15H21NO5/c1-20-8-9-21-11-12-4-2-5-13(10-12)16-14(17)6-3-7-15(18)19/h2,4-5,10H,3,6-9,11H2,1H3,(H,16,17)(H,18,19). The summed E-state index contributed by atoms with van der Waals surface area (Å²) in [5.41, 5.74) is 1.64. The van der Waals surface area contributed by atoms with Crippen LogP contribution >= 0.6 is 0 Å². The van der Waals surface area contributed by atoms with E-state index >= 15 is 0 Å². The Bertz CT molecular complexity index is 461. The molecule has 0 aliphatic heterocycles. The Kier molecular flexibility index (Phi) is 8.08. The van der Waals surface area contributed by atoms with Crippen molar-refractivity contribution in [3.8, 4) is 0 Å². The first kappa shape index (κ1) is 17.1. The van der Waals surface area contributed by atoms with E-state index in [1.807, 2.05) is 18.2 Å². The average Bonchev–Trinajstić information content (AvgIpc) is 2.43. The first-order valence-electron chi connectivity index (χ1n) is 6.79. The van der Waals surface area contributed by atoms with E-state index in [1.165, 1.54) is 0 Å². The molecule has 0 atom stereocenters. The summed E-state index contributed by atoms with van der Waals surface area (Å²) in [6, 6.07) is 7.37. The molecule has 116 valence electrons. The van der Waals surface area contributed by atoms with Crippen molar-refractivity contribution in [1.82, 2.24) is 0 Å². The van der Waals surface area contributed by atoms with Gasteiger partial charge >= 0.3 is 5.97 Å². The molecule has 1 aromatic carbocycles. The molecule has 0 saturated carbocycles. The Balaban J connectivity index is 2.37. The highest BCUT2D eigenvalue weighted by molar-refractivity contribution is 5.90. The third kappa shape index (κ3) is 8.06. The predicted octanol–water partition coefficient (Wildman–Crippen LogP) is 2.04. The molecule has 1 amide bonds. The van der Waals surface area contributed by atoms with Crippen LogP contribution < -0.4 is 5.32 Å². The first-order chi connectivity index (χ1) is 10.1. The van der Waals surface area contributed by atoms with Gasteiger partial charge in [-0.3, -0.25) is 9.59 Å². The summed E-state index contributed by atoms with van der Waals surface area (Å²) >= 11 is 0. The zero-order chi connectivity index (χ0) is 15.5. The Morgan fingerprint density at radius 2 is 2.05 bits per heavy atom. The molecular formula is C15H21NO5. The van der Waals surface area contributed by atoms with Crippen molar-refractivity contribution >= 4 is 17.6 Å². The van der Waals surface area contributed by atoms with Gasteiger partial charge < -0.3 is 19.9 Å². The van der Waals surface area contributed by atoms with Gasteiger partial charge in [-0.15, -0.1) is 0 Å². The molecule has 0 aliphatic carbocycles. The quantitative estimate of drug-likeness (QED) is 0.645. The van der Waals surface area contributed by atoms with E-state index in [0.717, 1.165) is 5.56 Å². The van der Waals surface area contributed by atoms with Gasteiger partial charge in [0.05, 0.1) is 19.8 Å². The summed E-state index contributed by atoms with van der Waals surface area (Å²) in [4.78, 5) is 22.0. The van der Waals surface area contributed by atoms with Crippen LogP contribution in [0.1, 0.15) is 24.8 Å². The third-order valence-electron chi connectivity index (χ3n) is 2.71. The maximum absolute atomic E-state index is 11.7.